The van der Waals surface area contributed by atoms with Gasteiger partial charge in [-0.25, -0.2) is 4.39 Å². The number of benzene rings is 1. The minimum atomic E-state index is -0.358. The van der Waals surface area contributed by atoms with Gasteiger partial charge in [0, 0.05) is 17.6 Å². The van der Waals surface area contributed by atoms with Gasteiger partial charge >= 0.3 is 0 Å². The summed E-state index contributed by atoms with van der Waals surface area (Å²) < 4.78 is 18.8. The second kappa shape index (κ2) is 5.14. The largest absolute Gasteiger partial charge is 0.375 e. The van der Waals surface area contributed by atoms with E-state index in [1.807, 2.05) is 6.92 Å². The highest BCUT2D eigenvalue weighted by atomic mass is 79.9. The van der Waals surface area contributed by atoms with Crippen LogP contribution in [0.3, 0.4) is 0 Å². The molecule has 1 fully saturated rings. The van der Waals surface area contributed by atoms with Crippen LogP contribution in [0.5, 0.6) is 0 Å². The van der Waals surface area contributed by atoms with Crippen LogP contribution in [0.15, 0.2) is 22.7 Å². The van der Waals surface area contributed by atoms with Crippen LogP contribution in [0.4, 0.5) is 4.39 Å². The Kier molecular flexibility index (Phi) is 3.79. The zero-order valence-corrected chi connectivity index (χ0v) is 11.0. The molecule has 0 unspecified atom stereocenters. The third-order valence-electron chi connectivity index (χ3n) is 2.69. The molecule has 0 saturated carbocycles. The van der Waals surface area contributed by atoms with Gasteiger partial charge in [-0.05, 0) is 41.1 Å². The van der Waals surface area contributed by atoms with Gasteiger partial charge in [0.25, 0.3) is 5.91 Å². The molecule has 1 heterocycles. The molecule has 0 spiro atoms. The summed E-state index contributed by atoms with van der Waals surface area (Å²) in [6, 6.07) is 4.10. The first-order valence-electron chi connectivity index (χ1n) is 5.44. The van der Waals surface area contributed by atoms with Gasteiger partial charge in [0.1, 0.15) is 5.82 Å². The first kappa shape index (κ1) is 12.5. The van der Waals surface area contributed by atoms with Crippen molar-refractivity contribution < 1.29 is 13.9 Å². The summed E-state index contributed by atoms with van der Waals surface area (Å²) in [5, 5.41) is 0. The summed E-state index contributed by atoms with van der Waals surface area (Å²) in [7, 11) is 0. The lowest BCUT2D eigenvalue weighted by Gasteiger charge is -2.31. The van der Waals surface area contributed by atoms with Crippen LogP contribution in [0.25, 0.3) is 0 Å². The molecule has 0 radical (unpaired) electrons. The molecule has 0 bridgehead atoms. The molecule has 0 aromatic heterocycles. The molecule has 17 heavy (non-hydrogen) atoms. The lowest BCUT2D eigenvalue weighted by Crippen LogP contribution is -2.44. The molecule has 0 N–H and O–H groups in total. The normalized spacial score (nSPS) is 20.4. The maximum atomic E-state index is 12.9. The second-order valence-corrected chi connectivity index (χ2v) is 4.91. The van der Waals surface area contributed by atoms with E-state index >= 15 is 0 Å². The van der Waals surface area contributed by atoms with Crippen LogP contribution in [0.1, 0.15) is 17.3 Å². The highest BCUT2D eigenvalue weighted by Crippen LogP contribution is 2.20. The molecule has 1 aliphatic heterocycles. The Hall–Kier alpha value is -0.940. The van der Waals surface area contributed by atoms with Crippen molar-refractivity contribution in [3.63, 3.8) is 0 Å². The van der Waals surface area contributed by atoms with Crippen LogP contribution >= 0.6 is 15.9 Å². The lowest BCUT2D eigenvalue weighted by molar-refractivity contribution is -0.0124. The van der Waals surface area contributed by atoms with Crippen molar-refractivity contribution in [2.75, 3.05) is 19.7 Å². The first-order valence-corrected chi connectivity index (χ1v) is 6.23. The summed E-state index contributed by atoms with van der Waals surface area (Å²) in [6.07, 6.45) is 0.0481. The van der Waals surface area contributed by atoms with E-state index in [-0.39, 0.29) is 17.8 Å². The van der Waals surface area contributed by atoms with Crippen molar-refractivity contribution in [3.8, 4) is 0 Å². The summed E-state index contributed by atoms with van der Waals surface area (Å²) in [5.74, 6) is -0.448. The molecular formula is C12H13BrFNO2. The molecule has 0 aliphatic carbocycles. The van der Waals surface area contributed by atoms with Gasteiger partial charge in [0.15, 0.2) is 0 Å². The molecule has 92 valence electrons. The number of rotatable bonds is 1. The van der Waals surface area contributed by atoms with E-state index < -0.39 is 0 Å². The zero-order valence-electron chi connectivity index (χ0n) is 9.45. The van der Waals surface area contributed by atoms with E-state index in [9.17, 15) is 9.18 Å². The summed E-state index contributed by atoms with van der Waals surface area (Å²) in [4.78, 5) is 13.9. The molecule has 3 nitrogen and oxygen atoms in total. The van der Waals surface area contributed by atoms with Gasteiger partial charge in [-0.15, -0.1) is 0 Å². The second-order valence-electron chi connectivity index (χ2n) is 4.06. The van der Waals surface area contributed by atoms with Crippen molar-refractivity contribution in [1.82, 2.24) is 4.90 Å². The summed E-state index contributed by atoms with van der Waals surface area (Å²) in [5.41, 5.74) is 0.487. The van der Waals surface area contributed by atoms with E-state index in [1.54, 1.807) is 4.90 Å². The molecule has 1 atom stereocenters. The van der Waals surface area contributed by atoms with Gasteiger partial charge in [0.2, 0.25) is 0 Å². The fraction of sp³-hybridized carbons (Fsp3) is 0.417. The number of hydrogen-bond donors (Lipinski definition) is 0. The number of carbonyl (C=O) groups is 1. The number of ether oxygens (including phenoxy) is 1. The molecule has 1 amide bonds. The summed E-state index contributed by atoms with van der Waals surface area (Å²) in [6.45, 7) is 3.63. The van der Waals surface area contributed by atoms with Crippen LogP contribution in [0, 0.1) is 5.82 Å². The minimum absolute atomic E-state index is 0.0481. The van der Waals surface area contributed by atoms with Crippen molar-refractivity contribution in [2.45, 2.75) is 13.0 Å². The minimum Gasteiger partial charge on any atom is -0.375 e. The maximum Gasteiger partial charge on any atom is 0.255 e. The Morgan fingerprint density at radius 3 is 3.00 bits per heavy atom. The Morgan fingerprint density at radius 1 is 1.59 bits per heavy atom. The average Bonchev–Trinajstić information content (AvgIpc) is 2.28. The molecule has 2 rings (SSSR count). The smallest absolute Gasteiger partial charge is 0.255 e. The molecule has 1 saturated heterocycles. The summed E-state index contributed by atoms with van der Waals surface area (Å²) >= 11 is 3.21. The van der Waals surface area contributed by atoms with Crippen LogP contribution in [-0.2, 0) is 4.74 Å². The van der Waals surface area contributed by atoms with Crippen molar-refractivity contribution >= 4 is 21.8 Å². The SMILES string of the molecule is C[C@H]1CN(C(=O)c2ccc(F)cc2Br)CCO1. The fourth-order valence-corrected chi connectivity index (χ4v) is 2.36. The topological polar surface area (TPSA) is 29.5 Å². The maximum absolute atomic E-state index is 12.9. The lowest BCUT2D eigenvalue weighted by atomic mass is 10.1. The number of morpholine rings is 1. The monoisotopic (exact) mass is 301 g/mol. The predicted molar refractivity (Wildman–Crippen MR) is 65.4 cm³/mol. The molecule has 1 aromatic carbocycles. The number of halogens is 2. The van der Waals surface area contributed by atoms with Crippen molar-refractivity contribution in [2.24, 2.45) is 0 Å². The number of hydrogen-bond acceptors (Lipinski definition) is 2. The van der Waals surface area contributed by atoms with Crippen LogP contribution < -0.4 is 0 Å². The number of carbonyl (C=O) groups excluding carboxylic acids is 1. The van der Waals surface area contributed by atoms with Crippen LogP contribution in [-0.4, -0.2) is 36.6 Å². The Balaban J connectivity index is 2.18. The third kappa shape index (κ3) is 2.84. The fourth-order valence-electron chi connectivity index (χ4n) is 1.84. The third-order valence-corrected chi connectivity index (χ3v) is 3.35. The first-order chi connectivity index (χ1) is 8.08. The van der Waals surface area contributed by atoms with E-state index in [4.69, 9.17) is 4.74 Å². The van der Waals surface area contributed by atoms with Gasteiger partial charge in [-0.3, -0.25) is 4.79 Å². The van der Waals surface area contributed by atoms with Crippen LogP contribution in [0.2, 0.25) is 0 Å². The Bertz CT molecular complexity index is 439. The highest BCUT2D eigenvalue weighted by Gasteiger charge is 2.23. The van der Waals surface area contributed by atoms with Crippen molar-refractivity contribution in [1.29, 1.82) is 0 Å². The van der Waals surface area contributed by atoms with Gasteiger partial charge < -0.3 is 9.64 Å². The molecule has 1 aromatic rings. The standard InChI is InChI=1S/C12H13BrFNO2/c1-8-7-15(4-5-17-8)12(16)10-3-2-9(14)6-11(10)13/h2-3,6,8H,4-5,7H2,1H3/t8-/m0/s1. The average molecular weight is 302 g/mol. The molecular weight excluding hydrogens is 289 g/mol. The molecule has 5 heteroatoms. The van der Waals surface area contributed by atoms with Crippen molar-refractivity contribution in [3.05, 3.63) is 34.1 Å². The van der Waals surface area contributed by atoms with E-state index in [2.05, 4.69) is 15.9 Å². The van der Waals surface area contributed by atoms with E-state index in [0.29, 0.717) is 29.7 Å². The Labute approximate surface area is 108 Å². The van der Waals surface area contributed by atoms with E-state index in [0.717, 1.165) is 0 Å². The quantitative estimate of drug-likeness (QED) is 0.797. The van der Waals surface area contributed by atoms with Gasteiger partial charge in [0.05, 0.1) is 18.3 Å². The zero-order chi connectivity index (χ0) is 12.4. The Morgan fingerprint density at radius 2 is 2.35 bits per heavy atom. The van der Waals surface area contributed by atoms with Gasteiger partial charge in [-0.1, -0.05) is 0 Å². The predicted octanol–water partition coefficient (Wildman–Crippen LogP) is 2.45. The van der Waals surface area contributed by atoms with E-state index in [1.165, 1.54) is 18.2 Å². The highest BCUT2D eigenvalue weighted by molar-refractivity contribution is 9.10. The molecule has 1 aliphatic rings. The number of amides is 1. The van der Waals surface area contributed by atoms with Gasteiger partial charge in [-0.2, -0.15) is 0 Å². The number of nitrogens with zero attached hydrogens (tertiary/aromatic N) is 1.